The molecule has 2 aromatic rings. The van der Waals surface area contributed by atoms with E-state index in [1.54, 1.807) is 35.3 Å². The van der Waals surface area contributed by atoms with Crippen molar-refractivity contribution in [2.24, 2.45) is 0 Å². The van der Waals surface area contributed by atoms with Crippen molar-refractivity contribution in [1.29, 1.82) is 0 Å². The van der Waals surface area contributed by atoms with E-state index in [1.807, 2.05) is 13.0 Å². The zero-order valence-electron chi connectivity index (χ0n) is 11.2. The predicted molar refractivity (Wildman–Crippen MR) is 73.6 cm³/mol. The van der Waals surface area contributed by atoms with Gasteiger partial charge >= 0.3 is 0 Å². The Morgan fingerprint density at radius 2 is 2.20 bits per heavy atom. The lowest BCUT2D eigenvalue weighted by atomic mass is 10.2. The van der Waals surface area contributed by atoms with Crippen LogP contribution in [0.2, 0.25) is 0 Å². The van der Waals surface area contributed by atoms with Crippen LogP contribution in [-0.4, -0.2) is 40.8 Å². The molecule has 3 rings (SSSR count). The fourth-order valence-corrected chi connectivity index (χ4v) is 4.08. The highest BCUT2D eigenvalue weighted by molar-refractivity contribution is 7.89. The Kier molecular flexibility index (Phi) is 3.31. The Bertz CT molecular complexity index is 697. The molecule has 1 atom stereocenters. The smallest absolute Gasteiger partial charge is 0.243 e. The normalized spacial score (nSPS) is 20.4. The molecular weight excluding hydrogens is 276 g/mol. The number of aryl methyl sites for hydroxylation is 1. The summed E-state index contributed by atoms with van der Waals surface area (Å²) in [5.41, 5.74) is 0.943. The second-order valence-electron chi connectivity index (χ2n) is 5.01. The van der Waals surface area contributed by atoms with Crippen LogP contribution < -0.4 is 0 Å². The molecule has 1 aliphatic rings. The van der Waals surface area contributed by atoms with Crippen molar-refractivity contribution in [2.75, 3.05) is 13.1 Å². The van der Waals surface area contributed by atoms with E-state index in [-0.39, 0.29) is 6.04 Å². The number of benzene rings is 1. The number of sulfonamides is 1. The third kappa shape index (κ3) is 2.34. The van der Waals surface area contributed by atoms with E-state index in [2.05, 4.69) is 10.3 Å². The van der Waals surface area contributed by atoms with Crippen LogP contribution in [-0.2, 0) is 10.0 Å². The maximum absolute atomic E-state index is 12.6. The van der Waals surface area contributed by atoms with Crippen LogP contribution >= 0.6 is 0 Å². The first-order valence-electron chi connectivity index (χ1n) is 6.50. The zero-order valence-corrected chi connectivity index (χ0v) is 12.0. The van der Waals surface area contributed by atoms with Gasteiger partial charge in [0.1, 0.15) is 0 Å². The van der Waals surface area contributed by atoms with Crippen molar-refractivity contribution in [2.45, 2.75) is 24.3 Å². The Morgan fingerprint density at radius 1 is 1.35 bits per heavy atom. The van der Waals surface area contributed by atoms with Crippen molar-refractivity contribution < 1.29 is 8.42 Å². The van der Waals surface area contributed by atoms with Gasteiger partial charge in [0.2, 0.25) is 10.0 Å². The van der Waals surface area contributed by atoms with Gasteiger partial charge in [0.15, 0.2) is 0 Å². The predicted octanol–water partition coefficient (Wildman–Crippen LogP) is 1.22. The quantitative estimate of drug-likeness (QED) is 0.853. The topological polar surface area (TPSA) is 68.1 Å². The molecule has 0 aliphatic carbocycles. The third-order valence-electron chi connectivity index (χ3n) is 3.57. The van der Waals surface area contributed by atoms with Gasteiger partial charge in [-0.25, -0.2) is 13.1 Å². The minimum atomic E-state index is -3.41. The molecule has 20 heavy (non-hydrogen) atoms. The van der Waals surface area contributed by atoms with Crippen molar-refractivity contribution >= 4 is 10.0 Å². The molecule has 2 heterocycles. The molecule has 0 unspecified atom stereocenters. The van der Waals surface area contributed by atoms with Gasteiger partial charge in [0.05, 0.1) is 17.1 Å². The molecule has 1 aromatic carbocycles. The fourth-order valence-electron chi connectivity index (χ4n) is 2.48. The Labute approximate surface area is 118 Å². The van der Waals surface area contributed by atoms with Gasteiger partial charge in [0.25, 0.3) is 0 Å². The van der Waals surface area contributed by atoms with E-state index in [0.29, 0.717) is 18.0 Å². The largest absolute Gasteiger partial charge is 0.248 e. The SMILES string of the molecule is Cc1cccc(S(=O)(=O)N2CC[C@H](n3ccnn3)C2)c1. The van der Waals surface area contributed by atoms with Gasteiger partial charge in [-0.2, -0.15) is 4.31 Å². The molecule has 1 aliphatic heterocycles. The van der Waals surface area contributed by atoms with Crippen LogP contribution in [0.5, 0.6) is 0 Å². The van der Waals surface area contributed by atoms with Crippen LogP contribution in [0.25, 0.3) is 0 Å². The van der Waals surface area contributed by atoms with Gasteiger partial charge in [-0.1, -0.05) is 17.3 Å². The van der Waals surface area contributed by atoms with Crippen molar-refractivity contribution in [3.8, 4) is 0 Å². The molecule has 0 saturated carbocycles. The third-order valence-corrected chi connectivity index (χ3v) is 5.43. The second kappa shape index (κ2) is 4.99. The van der Waals surface area contributed by atoms with Gasteiger partial charge in [0, 0.05) is 19.3 Å². The summed E-state index contributed by atoms with van der Waals surface area (Å²) in [6.07, 6.45) is 4.14. The number of nitrogens with zero attached hydrogens (tertiary/aromatic N) is 4. The molecule has 0 amide bonds. The summed E-state index contributed by atoms with van der Waals surface area (Å²) >= 11 is 0. The van der Waals surface area contributed by atoms with Gasteiger partial charge in [-0.05, 0) is 31.0 Å². The molecule has 0 N–H and O–H groups in total. The van der Waals surface area contributed by atoms with Crippen LogP contribution in [0.4, 0.5) is 0 Å². The summed E-state index contributed by atoms with van der Waals surface area (Å²) in [6.45, 7) is 2.85. The molecule has 6 nitrogen and oxygen atoms in total. The lowest BCUT2D eigenvalue weighted by Crippen LogP contribution is -2.29. The Hall–Kier alpha value is -1.73. The maximum atomic E-state index is 12.6. The summed E-state index contributed by atoms with van der Waals surface area (Å²) < 4.78 is 28.4. The average molecular weight is 292 g/mol. The highest BCUT2D eigenvalue weighted by Gasteiger charge is 2.33. The molecule has 106 valence electrons. The highest BCUT2D eigenvalue weighted by Crippen LogP contribution is 2.26. The highest BCUT2D eigenvalue weighted by atomic mass is 32.2. The number of hydrogen-bond donors (Lipinski definition) is 0. The van der Waals surface area contributed by atoms with Crippen molar-refractivity contribution in [1.82, 2.24) is 19.3 Å². The Morgan fingerprint density at radius 3 is 2.90 bits per heavy atom. The van der Waals surface area contributed by atoms with E-state index in [9.17, 15) is 8.42 Å². The maximum Gasteiger partial charge on any atom is 0.243 e. The minimum Gasteiger partial charge on any atom is -0.248 e. The molecule has 0 bridgehead atoms. The van der Waals surface area contributed by atoms with Crippen LogP contribution in [0, 0.1) is 6.92 Å². The number of rotatable bonds is 3. The van der Waals surface area contributed by atoms with E-state index >= 15 is 0 Å². The van der Waals surface area contributed by atoms with Gasteiger partial charge in [-0.3, -0.25) is 0 Å². The fraction of sp³-hybridized carbons (Fsp3) is 0.385. The van der Waals surface area contributed by atoms with Gasteiger partial charge in [-0.15, -0.1) is 5.10 Å². The summed E-state index contributed by atoms with van der Waals surface area (Å²) in [6, 6.07) is 7.08. The molecule has 1 fully saturated rings. The first-order valence-corrected chi connectivity index (χ1v) is 7.94. The summed E-state index contributed by atoms with van der Waals surface area (Å²) in [5, 5.41) is 7.72. The number of hydrogen-bond acceptors (Lipinski definition) is 4. The second-order valence-corrected chi connectivity index (χ2v) is 6.94. The standard InChI is InChI=1S/C13H16N4O2S/c1-11-3-2-4-13(9-11)20(18,19)16-7-5-12(10-16)17-8-6-14-15-17/h2-4,6,8-9,12H,5,7,10H2,1H3/t12-/m0/s1. The summed E-state index contributed by atoms with van der Waals surface area (Å²) in [7, 11) is -3.41. The van der Waals surface area contributed by atoms with Gasteiger partial charge < -0.3 is 0 Å². The minimum absolute atomic E-state index is 0.0667. The molecule has 1 saturated heterocycles. The van der Waals surface area contributed by atoms with Crippen molar-refractivity contribution in [3.63, 3.8) is 0 Å². The number of aromatic nitrogens is 3. The lowest BCUT2D eigenvalue weighted by Gasteiger charge is -2.16. The van der Waals surface area contributed by atoms with E-state index in [0.717, 1.165) is 12.0 Å². The van der Waals surface area contributed by atoms with E-state index < -0.39 is 10.0 Å². The first kappa shape index (κ1) is 13.3. The Balaban J connectivity index is 1.83. The average Bonchev–Trinajstić information content (AvgIpc) is 3.10. The summed E-state index contributed by atoms with van der Waals surface area (Å²) in [5.74, 6) is 0. The monoisotopic (exact) mass is 292 g/mol. The lowest BCUT2D eigenvalue weighted by molar-refractivity contribution is 0.428. The summed E-state index contributed by atoms with van der Waals surface area (Å²) in [4.78, 5) is 0.358. The van der Waals surface area contributed by atoms with Crippen LogP contribution in [0.1, 0.15) is 18.0 Å². The molecular formula is C13H16N4O2S. The van der Waals surface area contributed by atoms with E-state index in [1.165, 1.54) is 4.31 Å². The molecule has 0 radical (unpaired) electrons. The zero-order chi connectivity index (χ0) is 14.2. The molecule has 1 aromatic heterocycles. The van der Waals surface area contributed by atoms with E-state index in [4.69, 9.17) is 0 Å². The van der Waals surface area contributed by atoms with Crippen molar-refractivity contribution in [3.05, 3.63) is 42.2 Å². The van der Waals surface area contributed by atoms with Crippen LogP contribution in [0.15, 0.2) is 41.6 Å². The van der Waals surface area contributed by atoms with Crippen LogP contribution in [0.3, 0.4) is 0 Å². The first-order chi connectivity index (χ1) is 9.57. The molecule has 7 heteroatoms. The molecule has 0 spiro atoms.